The minimum Gasteiger partial charge on any atom is -0.493 e. The number of aryl methyl sites for hydroxylation is 1. The van der Waals surface area contributed by atoms with E-state index in [0.717, 1.165) is 16.7 Å². The van der Waals surface area contributed by atoms with E-state index in [-0.39, 0.29) is 12.5 Å². The van der Waals surface area contributed by atoms with Gasteiger partial charge in [-0.2, -0.15) is 0 Å². The first kappa shape index (κ1) is 25.1. The van der Waals surface area contributed by atoms with E-state index in [0.29, 0.717) is 35.7 Å². The average molecular weight is 483 g/mol. The molecule has 0 atom stereocenters. The lowest BCUT2D eigenvalue weighted by molar-refractivity contribution is 0.0954. The second-order valence-electron chi connectivity index (χ2n) is 7.94. The van der Waals surface area contributed by atoms with E-state index in [1.807, 2.05) is 49.4 Å². The summed E-state index contributed by atoms with van der Waals surface area (Å²) in [5, 5.41) is 2.90. The normalized spacial score (nSPS) is 11.1. The highest BCUT2D eigenvalue weighted by Crippen LogP contribution is 2.27. The van der Waals surface area contributed by atoms with Crippen molar-refractivity contribution in [2.24, 2.45) is 0 Å². The molecular weight excluding hydrogens is 452 g/mol. The molecule has 0 spiro atoms. The number of carbonyl (C=O) groups is 1. The number of nitrogens with one attached hydrogen (secondary N) is 1. The molecule has 3 aromatic carbocycles. The molecule has 0 aromatic heterocycles. The molecule has 1 amide bonds. The fourth-order valence-electron chi connectivity index (χ4n) is 3.58. The molecule has 3 rings (SSSR count). The van der Waals surface area contributed by atoms with Crippen molar-refractivity contribution in [2.75, 3.05) is 31.3 Å². The highest BCUT2D eigenvalue weighted by molar-refractivity contribution is 7.92. The van der Waals surface area contributed by atoms with Gasteiger partial charge in [-0.25, -0.2) is 8.42 Å². The average Bonchev–Trinajstić information content (AvgIpc) is 2.82. The van der Waals surface area contributed by atoms with E-state index in [1.54, 1.807) is 38.5 Å². The van der Waals surface area contributed by atoms with Crippen molar-refractivity contribution in [1.82, 2.24) is 5.32 Å². The Morgan fingerprint density at radius 3 is 2.24 bits per heavy atom. The van der Waals surface area contributed by atoms with Crippen LogP contribution in [-0.4, -0.2) is 41.3 Å². The van der Waals surface area contributed by atoms with Crippen molar-refractivity contribution >= 4 is 21.6 Å². The van der Waals surface area contributed by atoms with Gasteiger partial charge in [0.05, 0.1) is 32.7 Å². The van der Waals surface area contributed by atoms with Crippen molar-refractivity contribution in [3.8, 4) is 11.5 Å². The molecule has 0 fully saturated rings. The first-order valence-electron chi connectivity index (χ1n) is 10.8. The molecular formula is C26H30N2O5S. The van der Waals surface area contributed by atoms with Crippen LogP contribution in [0.25, 0.3) is 0 Å². The van der Waals surface area contributed by atoms with E-state index >= 15 is 0 Å². The Kier molecular flexibility index (Phi) is 8.17. The first-order chi connectivity index (χ1) is 16.2. The third kappa shape index (κ3) is 6.29. The summed E-state index contributed by atoms with van der Waals surface area (Å²) in [7, 11) is -0.342. The van der Waals surface area contributed by atoms with Crippen LogP contribution in [0.3, 0.4) is 0 Å². The Hall–Kier alpha value is -3.52. The highest BCUT2D eigenvalue weighted by Gasteiger charge is 2.19. The monoisotopic (exact) mass is 482 g/mol. The fraction of sp³-hybridized carbons (Fsp3) is 0.269. The first-order valence-corrected chi connectivity index (χ1v) is 12.7. The summed E-state index contributed by atoms with van der Waals surface area (Å²) in [5.74, 6) is 1.07. The summed E-state index contributed by atoms with van der Waals surface area (Å²) in [4.78, 5) is 12.6. The number of benzene rings is 3. The number of ether oxygens (including phenoxy) is 2. The molecule has 180 valence electrons. The number of methoxy groups -OCH3 is 2. The lowest BCUT2D eigenvalue weighted by atomic mass is 10.1. The molecule has 0 saturated carbocycles. The standard InChI is InChI=1S/C26H30N2O5S/c1-19-7-5-6-8-22(19)18-28(34(4,30)31)23-12-10-21(11-13-23)26(29)27-16-15-20-9-14-24(32-2)25(17-20)33-3/h5-14,17H,15-16,18H2,1-4H3,(H,27,29). The third-order valence-corrected chi connectivity index (χ3v) is 6.68. The van der Waals surface area contributed by atoms with Gasteiger partial charge in [0.25, 0.3) is 5.91 Å². The van der Waals surface area contributed by atoms with E-state index in [2.05, 4.69) is 5.32 Å². The smallest absolute Gasteiger partial charge is 0.251 e. The quantitative estimate of drug-likeness (QED) is 0.473. The van der Waals surface area contributed by atoms with Crippen LogP contribution < -0.4 is 19.1 Å². The van der Waals surface area contributed by atoms with Crippen LogP contribution in [0.4, 0.5) is 5.69 Å². The SMILES string of the molecule is COc1ccc(CCNC(=O)c2ccc(N(Cc3ccccc3C)S(C)(=O)=O)cc2)cc1OC. The molecule has 0 aliphatic rings. The molecule has 3 aromatic rings. The maximum Gasteiger partial charge on any atom is 0.251 e. The zero-order valence-corrected chi connectivity index (χ0v) is 20.7. The molecule has 0 bridgehead atoms. The number of hydrogen-bond acceptors (Lipinski definition) is 5. The van der Waals surface area contributed by atoms with Crippen molar-refractivity contribution in [3.63, 3.8) is 0 Å². The molecule has 0 aliphatic carbocycles. The molecule has 34 heavy (non-hydrogen) atoms. The van der Waals surface area contributed by atoms with Gasteiger partial charge >= 0.3 is 0 Å². The van der Waals surface area contributed by atoms with Crippen LogP contribution in [0, 0.1) is 6.92 Å². The van der Waals surface area contributed by atoms with Crippen molar-refractivity contribution < 1.29 is 22.7 Å². The maximum atomic E-state index is 12.6. The minimum atomic E-state index is -3.51. The summed E-state index contributed by atoms with van der Waals surface area (Å²) in [6.45, 7) is 2.62. The Morgan fingerprint density at radius 2 is 1.62 bits per heavy atom. The van der Waals surface area contributed by atoms with Gasteiger partial charge in [0.1, 0.15) is 0 Å². The lowest BCUT2D eigenvalue weighted by Gasteiger charge is -2.23. The topological polar surface area (TPSA) is 84.9 Å². The Labute approximate surface area is 201 Å². The fourth-order valence-corrected chi connectivity index (χ4v) is 4.46. The predicted octanol–water partition coefficient (Wildman–Crippen LogP) is 3.95. The van der Waals surface area contributed by atoms with Crippen LogP contribution in [0.1, 0.15) is 27.0 Å². The van der Waals surface area contributed by atoms with Gasteiger partial charge in [0.15, 0.2) is 11.5 Å². The van der Waals surface area contributed by atoms with Crippen LogP contribution in [0.15, 0.2) is 66.7 Å². The van der Waals surface area contributed by atoms with Gasteiger partial charge in [0, 0.05) is 12.1 Å². The summed E-state index contributed by atoms with van der Waals surface area (Å²) in [6.07, 6.45) is 1.81. The largest absolute Gasteiger partial charge is 0.493 e. The summed E-state index contributed by atoms with van der Waals surface area (Å²) in [5.41, 5.74) is 3.91. The second kappa shape index (κ2) is 11.1. The molecule has 0 heterocycles. The van der Waals surface area contributed by atoms with Gasteiger partial charge in [0.2, 0.25) is 10.0 Å². The van der Waals surface area contributed by atoms with E-state index in [4.69, 9.17) is 9.47 Å². The zero-order chi connectivity index (χ0) is 24.7. The lowest BCUT2D eigenvalue weighted by Crippen LogP contribution is -2.30. The number of carbonyl (C=O) groups excluding carboxylic acids is 1. The molecule has 1 N–H and O–H groups in total. The minimum absolute atomic E-state index is 0.225. The number of hydrogen-bond donors (Lipinski definition) is 1. The van der Waals surface area contributed by atoms with Crippen LogP contribution in [0.5, 0.6) is 11.5 Å². The molecule has 0 aliphatic heterocycles. The molecule has 0 unspecified atom stereocenters. The zero-order valence-electron chi connectivity index (χ0n) is 19.9. The summed E-state index contributed by atoms with van der Waals surface area (Å²) < 4.78 is 36.8. The van der Waals surface area contributed by atoms with E-state index in [9.17, 15) is 13.2 Å². The number of sulfonamides is 1. The summed E-state index contributed by atoms with van der Waals surface area (Å²) >= 11 is 0. The van der Waals surface area contributed by atoms with Crippen LogP contribution in [0.2, 0.25) is 0 Å². The van der Waals surface area contributed by atoms with Gasteiger partial charge < -0.3 is 14.8 Å². The summed E-state index contributed by atoms with van der Waals surface area (Å²) in [6, 6.07) is 19.9. The molecule has 0 saturated heterocycles. The van der Waals surface area contributed by atoms with E-state index < -0.39 is 10.0 Å². The van der Waals surface area contributed by atoms with Crippen molar-refractivity contribution in [3.05, 3.63) is 89.0 Å². The Balaban J connectivity index is 1.65. The number of nitrogens with zero attached hydrogens (tertiary/aromatic N) is 1. The van der Waals surface area contributed by atoms with Gasteiger partial charge in [-0.05, 0) is 66.4 Å². The third-order valence-electron chi connectivity index (χ3n) is 5.54. The number of rotatable bonds is 10. The molecule has 0 radical (unpaired) electrons. The van der Waals surface area contributed by atoms with Crippen molar-refractivity contribution in [1.29, 1.82) is 0 Å². The predicted molar refractivity (Wildman–Crippen MR) is 134 cm³/mol. The Bertz CT molecular complexity index is 1240. The second-order valence-corrected chi connectivity index (χ2v) is 9.85. The Morgan fingerprint density at radius 1 is 0.941 bits per heavy atom. The van der Waals surface area contributed by atoms with E-state index in [1.165, 1.54) is 10.6 Å². The highest BCUT2D eigenvalue weighted by atomic mass is 32.2. The molecule has 8 heteroatoms. The number of amides is 1. The van der Waals surface area contributed by atoms with Crippen LogP contribution in [-0.2, 0) is 23.0 Å². The van der Waals surface area contributed by atoms with Crippen LogP contribution >= 0.6 is 0 Å². The van der Waals surface area contributed by atoms with Crippen molar-refractivity contribution in [2.45, 2.75) is 19.9 Å². The number of anilines is 1. The maximum absolute atomic E-state index is 12.6. The molecule has 7 nitrogen and oxygen atoms in total. The van der Waals surface area contributed by atoms with Gasteiger partial charge in [-0.3, -0.25) is 9.10 Å². The van der Waals surface area contributed by atoms with Gasteiger partial charge in [-0.15, -0.1) is 0 Å². The van der Waals surface area contributed by atoms with Gasteiger partial charge in [-0.1, -0.05) is 30.3 Å².